The van der Waals surface area contributed by atoms with E-state index in [1.165, 1.54) is 0 Å². The topological polar surface area (TPSA) is 90.7 Å². The minimum absolute atomic E-state index is 0.299. The highest BCUT2D eigenvalue weighted by Crippen LogP contribution is 2.26. The molecule has 198 valence electrons. The predicted molar refractivity (Wildman–Crippen MR) is 146 cm³/mol. The van der Waals surface area contributed by atoms with Crippen molar-refractivity contribution >= 4 is 22.8 Å². The maximum Gasteiger partial charge on any atom is 0.339 e. The van der Waals surface area contributed by atoms with E-state index in [4.69, 9.17) is 24.3 Å². The molecule has 0 radical (unpaired) electrons. The van der Waals surface area contributed by atoms with Crippen molar-refractivity contribution in [3.63, 3.8) is 0 Å². The molecule has 0 atom stereocenters. The molecule has 5 rings (SSSR count). The Labute approximate surface area is 222 Å². The first-order chi connectivity index (χ1) is 18.6. The van der Waals surface area contributed by atoms with Gasteiger partial charge in [0.15, 0.2) is 5.65 Å². The summed E-state index contributed by atoms with van der Waals surface area (Å²) in [6.45, 7) is 9.54. The molecule has 1 fully saturated rings. The molecule has 1 N–H and O–H groups in total. The van der Waals surface area contributed by atoms with E-state index in [9.17, 15) is 4.79 Å². The first-order valence-electron chi connectivity index (χ1n) is 13.0. The van der Waals surface area contributed by atoms with Crippen LogP contribution < -0.4 is 10.1 Å². The van der Waals surface area contributed by atoms with E-state index >= 15 is 0 Å². The quantitative estimate of drug-likeness (QED) is 0.309. The monoisotopic (exact) mass is 515 g/mol. The molecule has 9 nitrogen and oxygen atoms in total. The number of nitrogens with one attached hydrogen (secondary N) is 1. The molecule has 2 aromatic carbocycles. The van der Waals surface area contributed by atoms with Crippen LogP contribution in [0.25, 0.3) is 11.0 Å². The number of aromatic nitrogens is 3. The van der Waals surface area contributed by atoms with Gasteiger partial charge in [-0.15, -0.1) is 0 Å². The number of ether oxygens (including phenoxy) is 3. The number of hydrogen-bond donors (Lipinski definition) is 1. The number of carbonyl (C=O) groups excluding carboxylic acids is 1. The van der Waals surface area contributed by atoms with Crippen LogP contribution in [-0.4, -0.2) is 71.6 Å². The lowest BCUT2D eigenvalue weighted by molar-refractivity contribution is 0.0398. The molecule has 4 aromatic rings. The minimum atomic E-state index is -0.374. The van der Waals surface area contributed by atoms with Gasteiger partial charge in [-0.1, -0.05) is 30.3 Å². The van der Waals surface area contributed by atoms with Crippen molar-refractivity contribution in [3.05, 3.63) is 77.5 Å². The Balaban J connectivity index is 1.35. The van der Waals surface area contributed by atoms with Crippen molar-refractivity contribution in [2.45, 2.75) is 20.4 Å². The number of carbonyl (C=O) groups is 1. The molecule has 0 spiro atoms. The summed E-state index contributed by atoms with van der Waals surface area (Å²) < 4.78 is 18.6. The fourth-order valence-corrected chi connectivity index (χ4v) is 4.52. The molecule has 0 aliphatic carbocycles. The van der Waals surface area contributed by atoms with Gasteiger partial charge in [-0.05, 0) is 49.7 Å². The zero-order valence-corrected chi connectivity index (χ0v) is 21.9. The summed E-state index contributed by atoms with van der Waals surface area (Å²) in [5.41, 5.74) is 2.91. The number of rotatable bonds is 10. The molecule has 9 heteroatoms. The Hall–Kier alpha value is -3.95. The summed E-state index contributed by atoms with van der Waals surface area (Å²) in [6, 6.07) is 19.4. The van der Waals surface area contributed by atoms with Gasteiger partial charge in [0.25, 0.3) is 0 Å². The Morgan fingerprint density at radius 2 is 1.79 bits per heavy atom. The molecular formula is C29H33N5O4. The third kappa shape index (κ3) is 6.12. The number of hydrogen-bond acceptors (Lipinski definition) is 8. The van der Waals surface area contributed by atoms with E-state index in [1.807, 2.05) is 66.2 Å². The first-order valence-corrected chi connectivity index (χ1v) is 13.0. The minimum Gasteiger partial charge on any atom is -0.462 e. The molecule has 38 heavy (non-hydrogen) atoms. The van der Waals surface area contributed by atoms with Crippen LogP contribution in [0.5, 0.6) is 11.5 Å². The molecule has 3 heterocycles. The zero-order chi connectivity index (χ0) is 26.3. The third-order valence-corrected chi connectivity index (χ3v) is 6.53. The second-order valence-corrected chi connectivity index (χ2v) is 9.16. The van der Waals surface area contributed by atoms with Gasteiger partial charge in [-0.3, -0.25) is 9.58 Å². The van der Waals surface area contributed by atoms with Crippen LogP contribution in [0.15, 0.2) is 60.7 Å². The Morgan fingerprint density at radius 3 is 2.53 bits per heavy atom. The van der Waals surface area contributed by atoms with Crippen molar-refractivity contribution in [3.8, 4) is 11.5 Å². The van der Waals surface area contributed by atoms with Crippen LogP contribution in [-0.2, 0) is 16.0 Å². The smallest absolute Gasteiger partial charge is 0.339 e. The summed E-state index contributed by atoms with van der Waals surface area (Å²) in [6.07, 6.45) is 0. The number of para-hydroxylation sites is 1. The summed E-state index contributed by atoms with van der Waals surface area (Å²) in [7, 11) is 0. The van der Waals surface area contributed by atoms with Gasteiger partial charge in [0.05, 0.1) is 37.3 Å². The fourth-order valence-electron chi connectivity index (χ4n) is 4.52. The zero-order valence-electron chi connectivity index (χ0n) is 21.9. The number of morpholine rings is 1. The van der Waals surface area contributed by atoms with Gasteiger partial charge < -0.3 is 19.5 Å². The molecule has 0 amide bonds. The van der Waals surface area contributed by atoms with E-state index in [-0.39, 0.29) is 5.97 Å². The van der Waals surface area contributed by atoms with Crippen LogP contribution in [0.1, 0.15) is 28.5 Å². The lowest BCUT2D eigenvalue weighted by Crippen LogP contribution is -2.39. The summed E-state index contributed by atoms with van der Waals surface area (Å²) >= 11 is 0. The van der Waals surface area contributed by atoms with E-state index in [2.05, 4.69) is 10.2 Å². The Kier molecular flexibility index (Phi) is 8.15. The van der Waals surface area contributed by atoms with E-state index in [1.54, 1.807) is 13.0 Å². The second-order valence-electron chi connectivity index (χ2n) is 9.16. The Morgan fingerprint density at radius 1 is 1.05 bits per heavy atom. The van der Waals surface area contributed by atoms with Gasteiger partial charge >= 0.3 is 5.97 Å². The maximum atomic E-state index is 12.9. The Bertz CT molecular complexity index is 1370. The number of anilines is 1. The predicted octanol–water partition coefficient (Wildman–Crippen LogP) is 4.50. The maximum absolute atomic E-state index is 12.9. The van der Waals surface area contributed by atoms with Gasteiger partial charge in [-0.25, -0.2) is 9.78 Å². The van der Waals surface area contributed by atoms with Crippen molar-refractivity contribution in [2.75, 3.05) is 51.3 Å². The molecule has 0 bridgehead atoms. The summed E-state index contributed by atoms with van der Waals surface area (Å²) in [4.78, 5) is 20.0. The summed E-state index contributed by atoms with van der Waals surface area (Å²) in [5, 5.41) is 8.83. The number of benzene rings is 2. The molecule has 1 aliphatic rings. The standard InChI is InChI=1S/C29H33N5O4/c1-3-37-29(35)25-19-26(30-13-14-33-15-17-36-18-16-33)31-28-27(25)21(2)34(32-28)20-22-9-11-24(12-10-22)38-23-7-5-4-6-8-23/h4-12,19H,3,13-18,20H2,1-2H3,(H,30,31,32). The molecule has 1 saturated heterocycles. The SMILES string of the molecule is CCOC(=O)c1cc(NCCN2CCOCC2)nc2nn(Cc3ccc(Oc4ccccc4)cc3)c(C)c12. The van der Waals surface area contributed by atoms with E-state index in [0.717, 1.165) is 55.6 Å². The van der Waals surface area contributed by atoms with Crippen LogP contribution in [0, 0.1) is 6.92 Å². The lowest BCUT2D eigenvalue weighted by atomic mass is 10.1. The average molecular weight is 516 g/mol. The van der Waals surface area contributed by atoms with Gasteiger partial charge in [0.2, 0.25) is 0 Å². The third-order valence-electron chi connectivity index (χ3n) is 6.53. The molecule has 1 aliphatic heterocycles. The van der Waals surface area contributed by atoms with Crippen molar-refractivity contribution in [1.29, 1.82) is 0 Å². The number of nitrogens with zero attached hydrogens (tertiary/aromatic N) is 4. The molecule has 0 saturated carbocycles. The van der Waals surface area contributed by atoms with Crippen LogP contribution in [0.2, 0.25) is 0 Å². The number of pyridine rings is 1. The second kappa shape index (κ2) is 12.1. The normalized spacial score (nSPS) is 13.9. The first kappa shape index (κ1) is 25.7. The van der Waals surface area contributed by atoms with Gasteiger partial charge in [0.1, 0.15) is 17.3 Å². The summed E-state index contributed by atoms with van der Waals surface area (Å²) in [5.74, 6) is 1.80. The highest BCUT2D eigenvalue weighted by molar-refractivity contribution is 6.04. The number of aryl methyl sites for hydroxylation is 1. The van der Waals surface area contributed by atoms with Crippen molar-refractivity contribution < 1.29 is 19.0 Å². The van der Waals surface area contributed by atoms with E-state index < -0.39 is 0 Å². The molecule has 2 aromatic heterocycles. The van der Waals surface area contributed by atoms with Crippen LogP contribution in [0.4, 0.5) is 5.82 Å². The number of esters is 1. The van der Waals surface area contributed by atoms with Crippen LogP contribution in [0.3, 0.4) is 0 Å². The largest absolute Gasteiger partial charge is 0.462 e. The fraction of sp³-hybridized carbons (Fsp3) is 0.345. The van der Waals surface area contributed by atoms with Gasteiger partial charge in [0, 0.05) is 31.9 Å². The van der Waals surface area contributed by atoms with Crippen molar-refractivity contribution in [2.24, 2.45) is 0 Å². The van der Waals surface area contributed by atoms with Crippen molar-refractivity contribution in [1.82, 2.24) is 19.7 Å². The highest BCUT2D eigenvalue weighted by Gasteiger charge is 2.21. The highest BCUT2D eigenvalue weighted by atomic mass is 16.5. The van der Waals surface area contributed by atoms with E-state index in [0.29, 0.717) is 42.1 Å². The van der Waals surface area contributed by atoms with Gasteiger partial charge in [-0.2, -0.15) is 5.10 Å². The lowest BCUT2D eigenvalue weighted by Gasteiger charge is -2.26. The molecule has 0 unspecified atom stereocenters. The van der Waals surface area contributed by atoms with Crippen LogP contribution >= 0.6 is 0 Å². The number of fused-ring (bicyclic) bond motifs is 1. The average Bonchev–Trinajstić information content (AvgIpc) is 3.25. The molecular weight excluding hydrogens is 482 g/mol.